The van der Waals surface area contributed by atoms with Gasteiger partial charge in [0.1, 0.15) is 6.54 Å². The molecule has 1 aromatic carbocycles. The van der Waals surface area contributed by atoms with Crippen molar-refractivity contribution in [1.82, 2.24) is 9.55 Å². The molecule has 1 aromatic heterocycles. The standard InChI is InChI=1S/C15H21N3O2/c1-4-5-6-20-14(19)9-18-13-8-11(3)10(2)7-12(13)17-15(18)16/h7-8H,4-6,9H2,1-3H3,(H2,16,17). The van der Waals surface area contributed by atoms with E-state index in [4.69, 9.17) is 10.5 Å². The minimum absolute atomic E-state index is 0.106. The predicted octanol–water partition coefficient (Wildman–Crippen LogP) is 2.58. The quantitative estimate of drug-likeness (QED) is 0.672. The largest absolute Gasteiger partial charge is 0.464 e. The van der Waals surface area contributed by atoms with Crippen molar-refractivity contribution in [2.24, 2.45) is 0 Å². The number of carbonyl (C=O) groups excluding carboxylic acids is 1. The molecule has 20 heavy (non-hydrogen) atoms. The molecule has 0 aliphatic rings. The van der Waals surface area contributed by atoms with Gasteiger partial charge in [-0.1, -0.05) is 13.3 Å². The second-order valence-corrected chi connectivity index (χ2v) is 5.06. The Labute approximate surface area is 118 Å². The minimum atomic E-state index is -0.275. The lowest BCUT2D eigenvalue weighted by Crippen LogP contribution is -2.15. The average Bonchev–Trinajstić information content (AvgIpc) is 2.67. The van der Waals surface area contributed by atoms with Crippen molar-refractivity contribution < 1.29 is 9.53 Å². The van der Waals surface area contributed by atoms with Gasteiger partial charge in [-0.2, -0.15) is 0 Å². The number of esters is 1. The highest BCUT2D eigenvalue weighted by Crippen LogP contribution is 2.21. The zero-order valence-electron chi connectivity index (χ0n) is 12.3. The predicted molar refractivity (Wildman–Crippen MR) is 79.5 cm³/mol. The molecule has 5 heteroatoms. The maximum Gasteiger partial charge on any atom is 0.326 e. The summed E-state index contributed by atoms with van der Waals surface area (Å²) >= 11 is 0. The number of hydrogen-bond donors (Lipinski definition) is 1. The lowest BCUT2D eigenvalue weighted by atomic mass is 10.1. The van der Waals surface area contributed by atoms with Gasteiger partial charge in [-0.05, 0) is 43.5 Å². The van der Waals surface area contributed by atoms with Crippen LogP contribution in [0.1, 0.15) is 30.9 Å². The van der Waals surface area contributed by atoms with Crippen molar-refractivity contribution in [1.29, 1.82) is 0 Å². The van der Waals surface area contributed by atoms with E-state index >= 15 is 0 Å². The summed E-state index contributed by atoms with van der Waals surface area (Å²) in [5.41, 5.74) is 9.90. The Hall–Kier alpha value is -2.04. The van der Waals surface area contributed by atoms with Crippen molar-refractivity contribution in [2.75, 3.05) is 12.3 Å². The summed E-state index contributed by atoms with van der Waals surface area (Å²) in [5, 5.41) is 0. The van der Waals surface area contributed by atoms with Gasteiger partial charge >= 0.3 is 5.97 Å². The summed E-state index contributed by atoms with van der Waals surface area (Å²) < 4.78 is 6.87. The second kappa shape index (κ2) is 5.94. The van der Waals surface area contributed by atoms with Crippen molar-refractivity contribution in [2.45, 2.75) is 40.2 Å². The van der Waals surface area contributed by atoms with Gasteiger partial charge in [0, 0.05) is 0 Å². The second-order valence-electron chi connectivity index (χ2n) is 5.06. The zero-order chi connectivity index (χ0) is 14.7. The van der Waals surface area contributed by atoms with Crippen LogP contribution in [0.25, 0.3) is 11.0 Å². The number of imidazole rings is 1. The first kappa shape index (κ1) is 14.4. The van der Waals surface area contributed by atoms with E-state index in [1.54, 1.807) is 4.57 Å². The van der Waals surface area contributed by atoms with Gasteiger partial charge in [-0.25, -0.2) is 4.98 Å². The van der Waals surface area contributed by atoms with Crippen molar-refractivity contribution in [3.8, 4) is 0 Å². The fourth-order valence-corrected chi connectivity index (χ4v) is 2.07. The Balaban J connectivity index is 2.23. The molecule has 0 saturated carbocycles. The van der Waals surface area contributed by atoms with Gasteiger partial charge in [-0.3, -0.25) is 9.36 Å². The van der Waals surface area contributed by atoms with Crippen LogP contribution in [0.5, 0.6) is 0 Å². The molecule has 0 amide bonds. The van der Waals surface area contributed by atoms with E-state index in [9.17, 15) is 4.79 Å². The highest BCUT2D eigenvalue weighted by Gasteiger charge is 2.13. The third-order valence-electron chi connectivity index (χ3n) is 3.44. The van der Waals surface area contributed by atoms with Crippen molar-refractivity contribution in [3.05, 3.63) is 23.3 Å². The lowest BCUT2D eigenvalue weighted by molar-refractivity contribution is -0.144. The molecule has 0 unspecified atom stereocenters. The maximum atomic E-state index is 11.8. The normalized spacial score (nSPS) is 10.9. The van der Waals surface area contributed by atoms with Crippen LogP contribution in [-0.4, -0.2) is 22.1 Å². The Morgan fingerprint density at radius 3 is 2.75 bits per heavy atom. The highest BCUT2D eigenvalue weighted by molar-refractivity contribution is 5.82. The SMILES string of the molecule is CCCCOC(=O)Cn1c(N)nc2cc(C)c(C)cc21. The van der Waals surface area contributed by atoms with Crippen LogP contribution in [0.3, 0.4) is 0 Å². The van der Waals surface area contributed by atoms with Crippen LogP contribution in [0.15, 0.2) is 12.1 Å². The number of hydrogen-bond acceptors (Lipinski definition) is 4. The first-order valence-corrected chi connectivity index (χ1v) is 6.91. The summed E-state index contributed by atoms with van der Waals surface area (Å²) in [6.45, 7) is 6.68. The number of nitrogens with zero attached hydrogens (tertiary/aromatic N) is 2. The molecular formula is C15H21N3O2. The minimum Gasteiger partial charge on any atom is -0.464 e. The molecule has 5 nitrogen and oxygen atoms in total. The number of aryl methyl sites for hydroxylation is 2. The van der Waals surface area contributed by atoms with Gasteiger partial charge in [-0.15, -0.1) is 0 Å². The van der Waals surface area contributed by atoms with Gasteiger partial charge in [0.15, 0.2) is 0 Å². The Bertz CT molecular complexity index is 632. The van der Waals surface area contributed by atoms with E-state index in [1.165, 1.54) is 0 Å². The fraction of sp³-hybridized carbons (Fsp3) is 0.467. The number of nitrogen functional groups attached to an aromatic ring is 1. The number of aromatic nitrogens is 2. The number of rotatable bonds is 5. The molecule has 0 fully saturated rings. The summed E-state index contributed by atoms with van der Waals surface area (Å²) in [7, 11) is 0. The third-order valence-corrected chi connectivity index (χ3v) is 3.44. The molecule has 0 saturated heterocycles. The third kappa shape index (κ3) is 2.92. The van der Waals surface area contributed by atoms with Crippen LogP contribution < -0.4 is 5.73 Å². The van der Waals surface area contributed by atoms with Crippen molar-refractivity contribution in [3.63, 3.8) is 0 Å². The molecule has 2 aromatic rings. The number of carbonyl (C=O) groups is 1. The summed E-state index contributed by atoms with van der Waals surface area (Å²) in [4.78, 5) is 16.1. The first-order valence-electron chi connectivity index (χ1n) is 6.91. The van der Waals surface area contributed by atoms with Crippen LogP contribution in [0.4, 0.5) is 5.95 Å². The number of anilines is 1. The monoisotopic (exact) mass is 275 g/mol. The Morgan fingerprint density at radius 1 is 1.35 bits per heavy atom. The summed E-state index contributed by atoms with van der Waals surface area (Å²) in [6.07, 6.45) is 1.88. The number of benzene rings is 1. The highest BCUT2D eigenvalue weighted by atomic mass is 16.5. The van der Waals surface area contributed by atoms with E-state index in [1.807, 2.05) is 26.0 Å². The number of unbranched alkanes of at least 4 members (excludes halogenated alkanes) is 1. The molecule has 0 atom stereocenters. The van der Waals surface area contributed by atoms with Gasteiger partial charge < -0.3 is 10.5 Å². The summed E-state index contributed by atoms with van der Waals surface area (Å²) in [6, 6.07) is 3.99. The smallest absolute Gasteiger partial charge is 0.326 e. The van der Waals surface area contributed by atoms with E-state index in [-0.39, 0.29) is 12.5 Å². The zero-order valence-corrected chi connectivity index (χ0v) is 12.3. The molecule has 2 N–H and O–H groups in total. The molecule has 0 radical (unpaired) electrons. The number of ether oxygens (including phenoxy) is 1. The Kier molecular flexibility index (Phi) is 4.27. The maximum absolute atomic E-state index is 11.8. The van der Waals surface area contributed by atoms with Crippen molar-refractivity contribution >= 4 is 23.0 Å². The average molecular weight is 275 g/mol. The van der Waals surface area contributed by atoms with Crippen LogP contribution in [0.2, 0.25) is 0 Å². The van der Waals surface area contributed by atoms with Gasteiger partial charge in [0.05, 0.1) is 17.6 Å². The van der Waals surface area contributed by atoms with E-state index < -0.39 is 0 Å². The molecular weight excluding hydrogens is 254 g/mol. The molecule has 0 spiro atoms. The molecule has 0 aliphatic heterocycles. The number of fused-ring (bicyclic) bond motifs is 1. The molecule has 2 rings (SSSR count). The molecule has 0 bridgehead atoms. The van der Waals surface area contributed by atoms with Crippen LogP contribution >= 0.6 is 0 Å². The summed E-state index contributed by atoms with van der Waals surface area (Å²) in [5.74, 6) is 0.0696. The van der Waals surface area contributed by atoms with Gasteiger partial charge in [0.25, 0.3) is 0 Å². The topological polar surface area (TPSA) is 70.1 Å². The van der Waals surface area contributed by atoms with Gasteiger partial charge in [0.2, 0.25) is 5.95 Å². The number of nitrogens with two attached hydrogens (primary N) is 1. The first-order chi connectivity index (χ1) is 9.52. The lowest BCUT2D eigenvalue weighted by Gasteiger charge is -2.08. The molecule has 0 aliphatic carbocycles. The van der Waals surface area contributed by atoms with E-state index in [2.05, 4.69) is 11.9 Å². The van der Waals surface area contributed by atoms with E-state index in [0.29, 0.717) is 12.6 Å². The van der Waals surface area contributed by atoms with E-state index in [0.717, 1.165) is 35.0 Å². The van der Waals surface area contributed by atoms with Crippen LogP contribution in [-0.2, 0) is 16.1 Å². The fourth-order valence-electron chi connectivity index (χ4n) is 2.07. The molecule has 108 valence electrons. The van der Waals surface area contributed by atoms with Crippen LogP contribution in [0, 0.1) is 13.8 Å². The Morgan fingerprint density at radius 2 is 2.05 bits per heavy atom. The molecule has 1 heterocycles.